The summed E-state index contributed by atoms with van der Waals surface area (Å²) in [4.78, 5) is 8.86. The maximum atomic E-state index is 6.18. The van der Waals surface area contributed by atoms with Gasteiger partial charge in [0.05, 0.1) is 37.1 Å². The number of nitrogens with zero attached hydrogens (tertiary/aromatic N) is 4. The first-order chi connectivity index (χ1) is 14.0. The first-order valence-electron chi connectivity index (χ1n) is 8.53. The van der Waals surface area contributed by atoms with Gasteiger partial charge in [0, 0.05) is 17.3 Å². The summed E-state index contributed by atoms with van der Waals surface area (Å²) in [5.74, 6) is 2.43. The van der Waals surface area contributed by atoms with E-state index in [1.165, 1.54) is 0 Å². The number of methoxy groups -OCH3 is 3. The largest absolute Gasteiger partial charge is 0.493 e. The zero-order valence-corrected chi connectivity index (χ0v) is 17.3. The van der Waals surface area contributed by atoms with E-state index in [2.05, 4.69) is 15.1 Å². The van der Waals surface area contributed by atoms with Crippen molar-refractivity contribution < 1.29 is 14.2 Å². The van der Waals surface area contributed by atoms with E-state index in [1.807, 2.05) is 12.1 Å². The van der Waals surface area contributed by atoms with E-state index in [9.17, 15) is 0 Å². The first kappa shape index (κ1) is 19.3. The fourth-order valence-corrected chi connectivity index (χ4v) is 3.30. The molecule has 4 aromatic rings. The molecule has 0 unspecified atom stereocenters. The number of hydrogen-bond acceptors (Lipinski definition) is 6. The number of aromatic nitrogens is 4. The van der Waals surface area contributed by atoms with Crippen molar-refractivity contribution in [3.8, 4) is 39.9 Å². The lowest BCUT2D eigenvalue weighted by atomic mass is 10.1. The number of hydrogen-bond donors (Lipinski definition) is 0. The van der Waals surface area contributed by atoms with Gasteiger partial charge in [-0.15, -0.1) is 5.10 Å². The lowest BCUT2D eigenvalue weighted by Crippen LogP contribution is -1.97. The average Bonchev–Trinajstić information content (AvgIpc) is 3.19. The fraction of sp³-hybridized carbons (Fsp3) is 0.150. The van der Waals surface area contributed by atoms with E-state index in [1.54, 1.807) is 56.3 Å². The van der Waals surface area contributed by atoms with Gasteiger partial charge in [0.15, 0.2) is 17.3 Å². The van der Waals surface area contributed by atoms with Gasteiger partial charge in [-0.1, -0.05) is 29.3 Å². The molecule has 0 N–H and O–H groups in total. The van der Waals surface area contributed by atoms with Crippen molar-refractivity contribution in [1.29, 1.82) is 0 Å². The normalized spacial score (nSPS) is 10.9. The van der Waals surface area contributed by atoms with Gasteiger partial charge in [-0.05, 0) is 30.3 Å². The van der Waals surface area contributed by atoms with E-state index in [4.69, 9.17) is 37.4 Å². The maximum absolute atomic E-state index is 6.18. The summed E-state index contributed by atoms with van der Waals surface area (Å²) in [6.45, 7) is 0. The summed E-state index contributed by atoms with van der Waals surface area (Å²) in [5.41, 5.74) is 2.32. The molecule has 0 radical (unpaired) electrons. The minimum absolute atomic E-state index is 0.442. The number of halogens is 2. The highest BCUT2D eigenvalue weighted by atomic mass is 35.5. The molecule has 148 valence electrons. The zero-order chi connectivity index (χ0) is 20.5. The van der Waals surface area contributed by atoms with Crippen LogP contribution in [0.2, 0.25) is 10.0 Å². The molecule has 0 saturated carbocycles. The second kappa shape index (κ2) is 7.77. The number of benzene rings is 2. The van der Waals surface area contributed by atoms with Crippen LogP contribution in [0.25, 0.3) is 28.4 Å². The lowest BCUT2D eigenvalue weighted by molar-refractivity contribution is 0.324. The third-order valence-electron chi connectivity index (χ3n) is 4.38. The Bertz CT molecular complexity index is 1180. The van der Waals surface area contributed by atoms with Crippen LogP contribution in [0.15, 0.2) is 42.6 Å². The molecular weight excluding hydrogens is 415 g/mol. The van der Waals surface area contributed by atoms with E-state index < -0.39 is 0 Å². The smallest absolute Gasteiger partial charge is 0.253 e. The second-order valence-electron chi connectivity index (χ2n) is 6.02. The Morgan fingerprint density at radius 2 is 1.55 bits per heavy atom. The molecule has 0 aliphatic rings. The molecule has 7 nitrogen and oxygen atoms in total. The summed E-state index contributed by atoms with van der Waals surface area (Å²) >= 11 is 12.2. The molecule has 29 heavy (non-hydrogen) atoms. The van der Waals surface area contributed by atoms with Gasteiger partial charge in [-0.2, -0.15) is 9.50 Å². The average molecular weight is 431 g/mol. The van der Waals surface area contributed by atoms with Crippen molar-refractivity contribution >= 4 is 29.0 Å². The van der Waals surface area contributed by atoms with Crippen LogP contribution in [-0.2, 0) is 0 Å². The van der Waals surface area contributed by atoms with Crippen LogP contribution in [0.5, 0.6) is 17.2 Å². The molecule has 0 saturated heterocycles. The van der Waals surface area contributed by atoms with Crippen LogP contribution >= 0.6 is 23.2 Å². The van der Waals surface area contributed by atoms with Crippen molar-refractivity contribution in [2.75, 3.05) is 21.3 Å². The SMILES string of the molecule is COc1cc(-c2nc3nccc(-c4ccc(Cl)c(Cl)c4)n3n2)cc(OC)c1OC. The monoisotopic (exact) mass is 430 g/mol. The Balaban J connectivity index is 1.88. The summed E-state index contributed by atoms with van der Waals surface area (Å²) in [6.07, 6.45) is 1.67. The number of fused-ring (bicyclic) bond motifs is 1. The quantitative estimate of drug-likeness (QED) is 0.453. The predicted octanol–water partition coefficient (Wildman–Crippen LogP) is 4.79. The number of rotatable bonds is 5. The molecule has 2 aromatic carbocycles. The molecule has 0 fully saturated rings. The van der Waals surface area contributed by atoms with Crippen molar-refractivity contribution in [2.45, 2.75) is 0 Å². The first-order valence-corrected chi connectivity index (χ1v) is 9.29. The van der Waals surface area contributed by atoms with Crippen LogP contribution in [-0.4, -0.2) is 40.9 Å². The van der Waals surface area contributed by atoms with Crippen molar-refractivity contribution in [3.05, 3.63) is 52.6 Å². The highest BCUT2D eigenvalue weighted by molar-refractivity contribution is 6.42. The highest BCUT2D eigenvalue weighted by Crippen LogP contribution is 2.40. The van der Waals surface area contributed by atoms with Crippen LogP contribution in [0.4, 0.5) is 0 Å². The molecule has 0 spiro atoms. The van der Waals surface area contributed by atoms with Crippen LogP contribution in [0, 0.1) is 0 Å². The van der Waals surface area contributed by atoms with Gasteiger partial charge in [-0.3, -0.25) is 0 Å². The third kappa shape index (κ3) is 3.43. The van der Waals surface area contributed by atoms with Gasteiger partial charge < -0.3 is 14.2 Å². The van der Waals surface area contributed by atoms with Gasteiger partial charge in [-0.25, -0.2) is 4.98 Å². The van der Waals surface area contributed by atoms with E-state index in [0.717, 1.165) is 11.3 Å². The summed E-state index contributed by atoms with van der Waals surface area (Å²) < 4.78 is 17.9. The molecule has 0 aliphatic carbocycles. The Morgan fingerprint density at radius 3 is 2.17 bits per heavy atom. The molecule has 9 heteroatoms. The zero-order valence-electron chi connectivity index (χ0n) is 15.8. The van der Waals surface area contributed by atoms with Gasteiger partial charge in [0.1, 0.15) is 0 Å². The van der Waals surface area contributed by atoms with E-state index in [-0.39, 0.29) is 0 Å². The minimum atomic E-state index is 0.442. The molecule has 0 atom stereocenters. The predicted molar refractivity (Wildman–Crippen MR) is 111 cm³/mol. The molecule has 0 bridgehead atoms. The lowest BCUT2D eigenvalue weighted by Gasteiger charge is -2.12. The van der Waals surface area contributed by atoms with Crippen LogP contribution in [0.3, 0.4) is 0 Å². The maximum Gasteiger partial charge on any atom is 0.253 e. The Labute approximate surface area is 176 Å². The van der Waals surface area contributed by atoms with Crippen molar-refractivity contribution in [1.82, 2.24) is 19.6 Å². The molecule has 0 amide bonds. The van der Waals surface area contributed by atoms with Crippen LogP contribution < -0.4 is 14.2 Å². The molecular formula is C20H16Cl2N4O3. The summed E-state index contributed by atoms with van der Waals surface area (Å²) in [5, 5.41) is 5.57. The molecule has 2 heterocycles. The standard InChI is InChI=1S/C20H16Cl2N4O3/c1-27-16-9-12(10-17(28-2)18(16)29-3)19-24-20-23-7-6-15(26(20)25-19)11-4-5-13(21)14(22)8-11/h4-10H,1-3H3. The van der Waals surface area contributed by atoms with Gasteiger partial charge >= 0.3 is 0 Å². The third-order valence-corrected chi connectivity index (χ3v) is 5.12. The molecule has 0 aliphatic heterocycles. The van der Waals surface area contributed by atoms with Crippen molar-refractivity contribution in [2.24, 2.45) is 0 Å². The fourth-order valence-electron chi connectivity index (χ4n) is 3.00. The van der Waals surface area contributed by atoms with E-state index in [0.29, 0.717) is 44.5 Å². The topological polar surface area (TPSA) is 70.8 Å². The van der Waals surface area contributed by atoms with E-state index >= 15 is 0 Å². The number of ether oxygens (including phenoxy) is 3. The molecule has 2 aromatic heterocycles. The van der Waals surface area contributed by atoms with Gasteiger partial charge in [0.2, 0.25) is 5.75 Å². The van der Waals surface area contributed by atoms with Crippen molar-refractivity contribution in [3.63, 3.8) is 0 Å². The highest BCUT2D eigenvalue weighted by Gasteiger charge is 2.18. The summed E-state index contributed by atoms with van der Waals surface area (Å²) in [7, 11) is 4.67. The minimum Gasteiger partial charge on any atom is -0.493 e. The van der Waals surface area contributed by atoms with Crippen LogP contribution in [0.1, 0.15) is 0 Å². The van der Waals surface area contributed by atoms with Gasteiger partial charge in [0.25, 0.3) is 5.78 Å². The second-order valence-corrected chi connectivity index (χ2v) is 6.83. The Morgan fingerprint density at radius 1 is 0.828 bits per heavy atom. The summed E-state index contributed by atoms with van der Waals surface area (Å²) in [6, 6.07) is 10.8. The Hall–Kier alpha value is -3.03. The molecule has 4 rings (SSSR count). The Kier molecular flexibility index (Phi) is 5.17.